The van der Waals surface area contributed by atoms with Crippen molar-refractivity contribution in [3.63, 3.8) is 0 Å². The summed E-state index contributed by atoms with van der Waals surface area (Å²) >= 11 is 0. The Hall–Kier alpha value is -3.05. The van der Waals surface area contributed by atoms with Crippen molar-refractivity contribution >= 4 is 11.7 Å². The van der Waals surface area contributed by atoms with Crippen molar-refractivity contribution in [3.8, 4) is 11.8 Å². The van der Waals surface area contributed by atoms with E-state index in [1.54, 1.807) is 31.2 Å². The number of hydrogen-bond acceptors (Lipinski definition) is 5. The number of nitrogens with one attached hydrogen (secondary N) is 2. The van der Waals surface area contributed by atoms with Crippen molar-refractivity contribution in [2.24, 2.45) is 5.73 Å². The Kier molecular flexibility index (Phi) is 9.16. The third-order valence-electron chi connectivity index (χ3n) is 4.37. The van der Waals surface area contributed by atoms with Crippen LogP contribution in [0.2, 0.25) is 0 Å². The van der Waals surface area contributed by atoms with E-state index >= 15 is 0 Å². The number of halogens is 1. The van der Waals surface area contributed by atoms with Crippen molar-refractivity contribution in [3.05, 3.63) is 70.8 Å². The first kappa shape index (κ1) is 23.2. The largest absolute Gasteiger partial charge is 0.388 e. The summed E-state index contributed by atoms with van der Waals surface area (Å²) in [6.07, 6.45) is 0. The van der Waals surface area contributed by atoms with E-state index in [-0.39, 0.29) is 0 Å². The number of nitrogens with two attached hydrogens (primary N) is 1. The SMILES string of the molecule is C[C@@H](N)[C@H](NC(=O)c1ccc(C#Cc2ccc(CNCCF)cc2)cc1)C(=O)CO. The maximum Gasteiger partial charge on any atom is 0.251 e. The van der Waals surface area contributed by atoms with Crippen LogP contribution in [-0.2, 0) is 11.3 Å². The summed E-state index contributed by atoms with van der Waals surface area (Å²) in [5.74, 6) is 5.10. The van der Waals surface area contributed by atoms with Crippen LogP contribution in [0.3, 0.4) is 0 Å². The number of carbonyl (C=O) groups excluding carboxylic acids is 2. The zero-order valence-corrected chi connectivity index (χ0v) is 16.8. The summed E-state index contributed by atoms with van der Waals surface area (Å²) in [5.41, 5.74) is 8.70. The Morgan fingerprint density at radius 2 is 1.63 bits per heavy atom. The zero-order valence-electron chi connectivity index (χ0n) is 16.8. The molecule has 7 heteroatoms. The van der Waals surface area contributed by atoms with Gasteiger partial charge in [0.15, 0.2) is 5.78 Å². The quantitative estimate of drug-likeness (QED) is 0.366. The van der Waals surface area contributed by atoms with Gasteiger partial charge in [-0.2, -0.15) is 0 Å². The maximum atomic E-state index is 12.3. The average molecular weight is 411 g/mol. The second kappa shape index (κ2) is 11.8. The second-order valence-electron chi connectivity index (χ2n) is 6.82. The highest BCUT2D eigenvalue weighted by Crippen LogP contribution is 2.07. The molecule has 0 spiro atoms. The first-order valence-electron chi connectivity index (χ1n) is 9.62. The van der Waals surface area contributed by atoms with Crippen LogP contribution in [0.1, 0.15) is 34.0 Å². The Morgan fingerprint density at radius 3 is 2.13 bits per heavy atom. The van der Waals surface area contributed by atoms with E-state index in [1.807, 2.05) is 24.3 Å². The minimum atomic E-state index is -0.947. The van der Waals surface area contributed by atoms with E-state index < -0.39 is 37.1 Å². The molecule has 2 aromatic carbocycles. The Balaban J connectivity index is 1.99. The predicted molar refractivity (Wildman–Crippen MR) is 114 cm³/mol. The second-order valence-corrected chi connectivity index (χ2v) is 6.82. The average Bonchev–Trinajstić information content (AvgIpc) is 2.76. The number of ketones is 1. The zero-order chi connectivity index (χ0) is 21.9. The summed E-state index contributed by atoms with van der Waals surface area (Å²) in [7, 11) is 0. The van der Waals surface area contributed by atoms with Crippen molar-refractivity contribution in [2.75, 3.05) is 19.8 Å². The number of benzene rings is 2. The van der Waals surface area contributed by atoms with Gasteiger partial charge in [-0.3, -0.25) is 9.59 Å². The summed E-state index contributed by atoms with van der Waals surface area (Å²) in [5, 5.41) is 14.5. The van der Waals surface area contributed by atoms with Crippen molar-refractivity contribution in [2.45, 2.75) is 25.6 Å². The molecule has 158 valence electrons. The smallest absolute Gasteiger partial charge is 0.251 e. The highest BCUT2D eigenvalue weighted by Gasteiger charge is 2.24. The van der Waals surface area contributed by atoms with Gasteiger partial charge in [0.05, 0.1) is 0 Å². The highest BCUT2D eigenvalue weighted by atomic mass is 19.1. The van der Waals surface area contributed by atoms with E-state index in [2.05, 4.69) is 22.5 Å². The lowest BCUT2D eigenvalue weighted by Gasteiger charge is -2.20. The number of hydrogen-bond donors (Lipinski definition) is 4. The van der Waals surface area contributed by atoms with Crippen LogP contribution < -0.4 is 16.4 Å². The molecule has 30 heavy (non-hydrogen) atoms. The molecule has 0 bridgehead atoms. The fourth-order valence-electron chi connectivity index (χ4n) is 2.68. The molecular formula is C23H26FN3O3. The minimum absolute atomic E-state index is 0.333. The first-order chi connectivity index (χ1) is 14.4. The lowest BCUT2D eigenvalue weighted by Crippen LogP contribution is -2.52. The van der Waals surface area contributed by atoms with E-state index in [4.69, 9.17) is 10.8 Å². The number of amides is 1. The number of alkyl halides is 1. The number of Topliss-reactive ketones (excluding diaryl/α,β-unsaturated/α-hetero) is 1. The summed E-state index contributed by atoms with van der Waals surface area (Å²) < 4.78 is 12.1. The monoisotopic (exact) mass is 411 g/mol. The standard InChI is InChI=1S/C23H26FN3O3/c1-16(25)22(21(29)15-28)27-23(30)20-10-8-18(9-11-20)3-2-17-4-6-19(7-5-17)14-26-13-12-24/h4-11,16,22,26,28H,12-15,25H2,1H3,(H,27,30)/t16-,22+/m1/s1. The van der Waals surface area contributed by atoms with Crippen LogP contribution in [0.25, 0.3) is 0 Å². The summed E-state index contributed by atoms with van der Waals surface area (Å²) in [6.45, 7) is 1.45. The van der Waals surface area contributed by atoms with Crippen LogP contribution in [0.4, 0.5) is 4.39 Å². The molecule has 0 unspecified atom stereocenters. The molecule has 0 aromatic heterocycles. The molecule has 2 rings (SSSR count). The molecule has 0 aliphatic rings. The van der Waals surface area contributed by atoms with Crippen molar-refractivity contribution in [1.29, 1.82) is 0 Å². The minimum Gasteiger partial charge on any atom is -0.388 e. The summed E-state index contributed by atoms with van der Waals surface area (Å²) in [4.78, 5) is 24.0. The molecule has 1 amide bonds. The molecule has 0 fully saturated rings. The van der Waals surface area contributed by atoms with Gasteiger partial charge in [-0.25, -0.2) is 4.39 Å². The number of aliphatic hydroxyl groups is 1. The molecule has 0 aliphatic carbocycles. The lowest BCUT2D eigenvalue weighted by atomic mass is 10.0. The van der Waals surface area contributed by atoms with Gasteiger partial charge in [0.25, 0.3) is 5.91 Å². The fraction of sp³-hybridized carbons (Fsp3) is 0.304. The Bertz CT molecular complexity index is 900. The topological polar surface area (TPSA) is 104 Å². The summed E-state index contributed by atoms with van der Waals surface area (Å²) in [6, 6.07) is 12.7. The number of carbonyl (C=O) groups is 2. The van der Waals surface area contributed by atoms with Crippen LogP contribution in [0.5, 0.6) is 0 Å². The molecule has 0 aliphatic heterocycles. The molecule has 0 heterocycles. The van der Waals surface area contributed by atoms with E-state index in [0.29, 0.717) is 18.7 Å². The van der Waals surface area contributed by atoms with Crippen LogP contribution in [-0.4, -0.2) is 48.7 Å². The van der Waals surface area contributed by atoms with E-state index in [0.717, 1.165) is 16.7 Å². The molecule has 2 atom stereocenters. The van der Waals surface area contributed by atoms with Gasteiger partial charge < -0.3 is 21.5 Å². The molecule has 5 N–H and O–H groups in total. The van der Waals surface area contributed by atoms with Crippen LogP contribution >= 0.6 is 0 Å². The van der Waals surface area contributed by atoms with Gasteiger partial charge in [-0.05, 0) is 48.9 Å². The molecule has 0 radical (unpaired) electrons. The van der Waals surface area contributed by atoms with Crippen molar-refractivity contribution < 1.29 is 19.1 Å². The molecule has 2 aromatic rings. The van der Waals surface area contributed by atoms with Gasteiger partial charge in [-0.15, -0.1) is 0 Å². The van der Waals surface area contributed by atoms with E-state index in [1.165, 1.54) is 0 Å². The third kappa shape index (κ3) is 7.08. The lowest BCUT2D eigenvalue weighted by molar-refractivity contribution is -0.123. The van der Waals surface area contributed by atoms with Gasteiger partial charge in [0, 0.05) is 35.8 Å². The van der Waals surface area contributed by atoms with Crippen LogP contribution in [0, 0.1) is 11.8 Å². The number of aliphatic hydroxyl groups excluding tert-OH is 1. The molecular weight excluding hydrogens is 385 g/mol. The van der Waals surface area contributed by atoms with Crippen molar-refractivity contribution in [1.82, 2.24) is 10.6 Å². The predicted octanol–water partition coefficient (Wildman–Crippen LogP) is 1.15. The first-order valence-corrected chi connectivity index (χ1v) is 9.62. The Labute approximate surface area is 175 Å². The normalized spacial score (nSPS) is 12.4. The number of rotatable bonds is 9. The van der Waals surface area contributed by atoms with Gasteiger partial charge in [0.2, 0.25) is 0 Å². The van der Waals surface area contributed by atoms with Crippen LogP contribution in [0.15, 0.2) is 48.5 Å². The highest BCUT2D eigenvalue weighted by molar-refractivity contribution is 5.98. The maximum absolute atomic E-state index is 12.3. The van der Waals surface area contributed by atoms with Gasteiger partial charge >= 0.3 is 0 Å². The Morgan fingerprint density at radius 1 is 1.07 bits per heavy atom. The molecule has 6 nitrogen and oxygen atoms in total. The van der Waals surface area contributed by atoms with Gasteiger partial charge in [0.1, 0.15) is 19.3 Å². The fourth-order valence-corrected chi connectivity index (χ4v) is 2.68. The molecule has 0 saturated carbocycles. The molecule has 0 saturated heterocycles. The van der Waals surface area contributed by atoms with Gasteiger partial charge in [-0.1, -0.05) is 24.0 Å². The third-order valence-corrected chi connectivity index (χ3v) is 4.37. The van der Waals surface area contributed by atoms with E-state index in [9.17, 15) is 14.0 Å².